The molecule has 0 saturated heterocycles. The smallest absolute Gasteiger partial charge is 0.332 e. The number of anilines is 1. The van der Waals surface area contributed by atoms with Crippen LogP contribution in [0.4, 0.5) is 5.95 Å². The Labute approximate surface area is 108 Å². The van der Waals surface area contributed by atoms with Gasteiger partial charge in [-0.1, -0.05) is 6.92 Å². The van der Waals surface area contributed by atoms with Crippen molar-refractivity contribution in [1.82, 2.24) is 19.1 Å². The van der Waals surface area contributed by atoms with Crippen LogP contribution in [-0.2, 0) is 14.1 Å². The number of hydrogen-bond acceptors (Lipinski definition) is 5. The molecule has 104 valence electrons. The van der Waals surface area contributed by atoms with Crippen LogP contribution in [-0.4, -0.2) is 36.9 Å². The molecule has 1 atom stereocenters. The van der Waals surface area contributed by atoms with Crippen LogP contribution in [0.15, 0.2) is 9.59 Å². The van der Waals surface area contributed by atoms with Crippen LogP contribution in [0.1, 0.15) is 13.3 Å². The summed E-state index contributed by atoms with van der Waals surface area (Å²) in [5, 5.41) is 12.1. The predicted molar refractivity (Wildman–Crippen MR) is 71.4 cm³/mol. The summed E-state index contributed by atoms with van der Waals surface area (Å²) in [6.45, 7) is 1.88. The number of hydrogen-bond donors (Lipinski definition) is 3. The van der Waals surface area contributed by atoms with Crippen molar-refractivity contribution in [1.29, 1.82) is 0 Å². The molecule has 0 unspecified atom stereocenters. The van der Waals surface area contributed by atoms with E-state index in [1.165, 1.54) is 11.6 Å². The highest BCUT2D eigenvalue weighted by atomic mass is 16.3. The standard InChI is InChI=1S/C11H17N5O3/c1-4-6(5-17)12-10-13-7-8(14-10)15(2)11(19)16(3)9(7)18/h6,17H,4-5H2,1-3H3,(H2,12,13,14)/t6-/m0/s1. The summed E-state index contributed by atoms with van der Waals surface area (Å²) in [7, 11) is 2.97. The fraction of sp³-hybridized carbons (Fsp3) is 0.545. The number of H-pyrrole nitrogens is 1. The number of rotatable bonds is 4. The number of aryl methyl sites for hydroxylation is 1. The third kappa shape index (κ3) is 2.14. The van der Waals surface area contributed by atoms with Gasteiger partial charge < -0.3 is 15.4 Å². The van der Waals surface area contributed by atoms with Crippen LogP contribution in [0.3, 0.4) is 0 Å². The van der Waals surface area contributed by atoms with Crippen molar-refractivity contribution in [2.45, 2.75) is 19.4 Å². The molecular weight excluding hydrogens is 250 g/mol. The molecule has 8 heteroatoms. The molecule has 0 fully saturated rings. The highest BCUT2D eigenvalue weighted by Crippen LogP contribution is 2.10. The minimum absolute atomic E-state index is 0.0372. The van der Waals surface area contributed by atoms with Gasteiger partial charge in [0, 0.05) is 14.1 Å². The third-order valence-electron chi connectivity index (χ3n) is 3.15. The monoisotopic (exact) mass is 267 g/mol. The number of aliphatic hydroxyl groups is 1. The Bertz CT molecular complexity index is 707. The molecule has 2 heterocycles. The second-order valence-electron chi connectivity index (χ2n) is 4.42. The van der Waals surface area contributed by atoms with Crippen molar-refractivity contribution in [3.05, 3.63) is 20.8 Å². The number of aromatic nitrogens is 4. The Kier molecular flexibility index (Phi) is 3.43. The number of aromatic amines is 1. The molecule has 2 rings (SSSR count). The van der Waals surface area contributed by atoms with Gasteiger partial charge in [0.05, 0.1) is 12.6 Å². The first-order chi connectivity index (χ1) is 8.99. The Morgan fingerprint density at radius 3 is 2.63 bits per heavy atom. The summed E-state index contributed by atoms with van der Waals surface area (Å²) in [4.78, 5) is 30.7. The Morgan fingerprint density at radius 1 is 1.37 bits per heavy atom. The van der Waals surface area contributed by atoms with E-state index >= 15 is 0 Å². The van der Waals surface area contributed by atoms with Crippen LogP contribution in [0.25, 0.3) is 11.2 Å². The van der Waals surface area contributed by atoms with E-state index in [4.69, 9.17) is 5.11 Å². The van der Waals surface area contributed by atoms with E-state index in [2.05, 4.69) is 15.3 Å². The Hall–Kier alpha value is -2.09. The van der Waals surface area contributed by atoms with Crippen molar-refractivity contribution in [3.63, 3.8) is 0 Å². The number of imidazole rings is 1. The summed E-state index contributed by atoms with van der Waals surface area (Å²) in [6.07, 6.45) is 0.713. The molecule has 0 saturated carbocycles. The van der Waals surface area contributed by atoms with Crippen LogP contribution in [0, 0.1) is 0 Å². The van der Waals surface area contributed by atoms with Crippen LogP contribution < -0.4 is 16.6 Å². The highest BCUT2D eigenvalue weighted by Gasteiger charge is 2.14. The van der Waals surface area contributed by atoms with Crippen molar-refractivity contribution in [2.75, 3.05) is 11.9 Å². The maximum atomic E-state index is 11.9. The molecule has 0 spiro atoms. The minimum Gasteiger partial charge on any atom is -0.394 e. The molecule has 0 radical (unpaired) electrons. The van der Waals surface area contributed by atoms with Gasteiger partial charge in [-0.3, -0.25) is 13.9 Å². The Balaban J connectivity index is 2.58. The molecule has 2 aromatic rings. The van der Waals surface area contributed by atoms with Crippen molar-refractivity contribution >= 4 is 17.1 Å². The average molecular weight is 267 g/mol. The quantitative estimate of drug-likeness (QED) is 0.669. The number of nitrogens with zero attached hydrogens (tertiary/aromatic N) is 3. The first-order valence-corrected chi connectivity index (χ1v) is 6.02. The Morgan fingerprint density at radius 2 is 2.05 bits per heavy atom. The first kappa shape index (κ1) is 13.3. The van der Waals surface area contributed by atoms with Gasteiger partial charge in [-0.2, -0.15) is 4.98 Å². The zero-order valence-electron chi connectivity index (χ0n) is 11.1. The SMILES string of the molecule is CC[C@@H](CO)Nc1nc2c([nH]1)c(=O)n(C)c(=O)n2C. The lowest BCUT2D eigenvalue weighted by Gasteiger charge is -2.11. The number of aliphatic hydroxyl groups excluding tert-OH is 1. The van der Waals surface area contributed by atoms with Crippen LogP contribution in [0.2, 0.25) is 0 Å². The van der Waals surface area contributed by atoms with Gasteiger partial charge in [0.2, 0.25) is 5.95 Å². The molecule has 8 nitrogen and oxygen atoms in total. The number of nitrogens with one attached hydrogen (secondary N) is 2. The van der Waals surface area contributed by atoms with E-state index in [1.54, 1.807) is 7.05 Å². The molecular formula is C11H17N5O3. The summed E-state index contributed by atoms with van der Waals surface area (Å²) in [6, 6.07) is -0.151. The molecule has 19 heavy (non-hydrogen) atoms. The van der Waals surface area contributed by atoms with E-state index in [9.17, 15) is 9.59 Å². The van der Waals surface area contributed by atoms with Gasteiger partial charge in [-0.05, 0) is 6.42 Å². The fourth-order valence-electron chi connectivity index (χ4n) is 1.86. The lowest BCUT2D eigenvalue weighted by Crippen LogP contribution is -2.36. The van der Waals surface area contributed by atoms with Crippen LogP contribution in [0.5, 0.6) is 0 Å². The van der Waals surface area contributed by atoms with Gasteiger partial charge in [-0.25, -0.2) is 4.79 Å². The summed E-state index contributed by atoms with van der Waals surface area (Å²) < 4.78 is 2.33. The summed E-state index contributed by atoms with van der Waals surface area (Å²) in [5.41, 5.74) is -0.288. The van der Waals surface area contributed by atoms with E-state index in [-0.39, 0.29) is 18.2 Å². The molecule has 2 aromatic heterocycles. The zero-order chi connectivity index (χ0) is 14.2. The van der Waals surface area contributed by atoms with Crippen LogP contribution >= 0.6 is 0 Å². The maximum absolute atomic E-state index is 11.9. The molecule has 3 N–H and O–H groups in total. The highest BCUT2D eigenvalue weighted by molar-refractivity contribution is 5.72. The molecule has 0 aliphatic carbocycles. The maximum Gasteiger partial charge on any atom is 0.332 e. The third-order valence-corrected chi connectivity index (χ3v) is 3.15. The lowest BCUT2D eigenvalue weighted by atomic mass is 10.2. The first-order valence-electron chi connectivity index (χ1n) is 6.02. The van der Waals surface area contributed by atoms with Gasteiger partial charge in [0.1, 0.15) is 0 Å². The predicted octanol–water partition coefficient (Wildman–Crippen LogP) is -0.857. The molecule has 0 aliphatic rings. The molecule has 0 bridgehead atoms. The molecule has 0 aromatic carbocycles. The van der Waals surface area contributed by atoms with Gasteiger partial charge in [0.25, 0.3) is 5.56 Å². The van der Waals surface area contributed by atoms with E-state index in [0.717, 1.165) is 4.57 Å². The zero-order valence-corrected chi connectivity index (χ0v) is 11.1. The fourth-order valence-corrected chi connectivity index (χ4v) is 1.86. The number of fused-ring (bicyclic) bond motifs is 1. The summed E-state index contributed by atoms with van der Waals surface area (Å²) in [5.74, 6) is 0.370. The minimum atomic E-state index is -0.426. The molecule has 0 amide bonds. The largest absolute Gasteiger partial charge is 0.394 e. The lowest BCUT2D eigenvalue weighted by molar-refractivity contribution is 0.271. The summed E-state index contributed by atoms with van der Waals surface area (Å²) >= 11 is 0. The van der Waals surface area contributed by atoms with Gasteiger partial charge in [0.15, 0.2) is 11.2 Å². The van der Waals surface area contributed by atoms with Gasteiger partial charge >= 0.3 is 5.69 Å². The van der Waals surface area contributed by atoms with E-state index in [0.29, 0.717) is 18.0 Å². The second kappa shape index (κ2) is 4.88. The van der Waals surface area contributed by atoms with Crippen molar-refractivity contribution < 1.29 is 5.11 Å². The van der Waals surface area contributed by atoms with Crippen molar-refractivity contribution in [3.8, 4) is 0 Å². The normalized spacial score (nSPS) is 12.8. The van der Waals surface area contributed by atoms with E-state index in [1.807, 2.05) is 6.92 Å². The van der Waals surface area contributed by atoms with Crippen molar-refractivity contribution in [2.24, 2.45) is 14.1 Å². The topological polar surface area (TPSA) is 105 Å². The average Bonchev–Trinajstić information content (AvgIpc) is 2.84. The van der Waals surface area contributed by atoms with Gasteiger partial charge in [-0.15, -0.1) is 0 Å². The molecule has 0 aliphatic heterocycles. The van der Waals surface area contributed by atoms with E-state index < -0.39 is 11.2 Å². The second-order valence-corrected chi connectivity index (χ2v) is 4.42.